The van der Waals surface area contributed by atoms with Gasteiger partial charge >= 0.3 is 0 Å². The zero-order valence-corrected chi connectivity index (χ0v) is 6.28. The molecule has 0 spiro atoms. The first-order valence-electron chi connectivity index (χ1n) is 2.69. The van der Waals surface area contributed by atoms with Crippen molar-refractivity contribution in [3.8, 4) is 0 Å². The molecule has 0 bridgehead atoms. The van der Waals surface area contributed by atoms with Crippen molar-refractivity contribution in [3.05, 3.63) is 30.1 Å². The van der Waals surface area contributed by atoms with Gasteiger partial charge in [0.2, 0.25) is 0 Å². The number of aromatic nitrogens is 1. The molecular weight excluding hydrogens is 150 g/mol. The van der Waals surface area contributed by atoms with Gasteiger partial charge in [0.15, 0.2) is 0 Å². The molecule has 46 valence electrons. The van der Waals surface area contributed by atoms with Crippen LogP contribution in [0.15, 0.2) is 24.5 Å². The molecule has 1 aromatic rings. The van der Waals surface area contributed by atoms with E-state index in [0.717, 1.165) is 0 Å². The van der Waals surface area contributed by atoms with Gasteiger partial charge in [0, 0.05) is 12.4 Å². The standard InChI is InChI=1S/C6H5NS2/c1-3-7-4-2-5(1)6-8-9-6/h1-4,6H. The predicted octanol–water partition coefficient (Wildman–Crippen LogP) is 2.48. The van der Waals surface area contributed by atoms with E-state index in [1.807, 2.05) is 34.0 Å². The third-order valence-corrected chi connectivity index (χ3v) is 3.25. The number of nitrogens with zero attached hydrogens (tertiary/aromatic N) is 1. The van der Waals surface area contributed by atoms with E-state index in [4.69, 9.17) is 0 Å². The number of pyridine rings is 1. The highest BCUT2D eigenvalue weighted by atomic mass is 33.2. The van der Waals surface area contributed by atoms with Gasteiger partial charge in [-0.3, -0.25) is 4.98 Å². The lowest BCUT2D eigenvalue weighted by Gasteiger charge is -1.88. The fourth-order valence-electron chi connectivity index (χ4n) is 0.659. The van der Waals surface area contributed by atoms with Crippen molar-refractivity contribution in [2.45, 2.75) is 4.58 Å². The second-order valence-electron chi connectivity index (χ2n) is 1.80. The van der Waals surface area contributed by atoms with Crippen molar-refractivity contribution in [1.29, 1.82) is 0 Å². The highest BCUT2D eigenvalue weighted by Gasteiger charge is 2.25. The minimum absolute atomic E-state index is 0.702. The Balaban J connectivity index is 2.29. The molecule has 0 saturated carbocycles. The Kier molecular flexibility index (Phi) is 1.39. The maximum atomic E-state index is 3.94. The Morgan fingerprint density at radius 1 is 1.22 bits per heavy atom. The lowest BCUT2D eigenvalue weighted by atomic mass is 10.3. The molecule has 0 aliphatic carbocycles. The highest BCUT2D eigenvalue weighted by molar-refractivity contribution is 8.92. The quantitative estimate of drug-likeness (QED) is 0.457. The Labute approximate surface area is 61.7 Å². The van der Waals surface area contributed by atoms with Crippen molar-refractivity contribution in [2.75, 3.05) is 0 Å². The Hall–Kier alpha value is -0.150. The maximum absolute atomic E-state index is 3.94. The molecule has 1 fully saturated rings. The average Bonchev–Trinajstić information content (AvgIpc) is 2.71. The summed E-state index contributed by atoms with van der Waals surface area (Å²) in [6.45, 7) is 0. The van der Waals surface area contributed by atoms with Crippen molar-refractivity contribution in [3.63, 3.8) is 0 Å². The van der Waals surface area contributed by atoms with Gasteiger partial charge in [-0.05, 0) is 17.7 Å². The van der Waals surface area contributed by atoms with Crippen LogP contribution in [0.4, 0.5) is 0 Å². The van der Waals surface area contributed by atoms with Crippen molar-refractivity contribution in [2.24, 2.45) is 0 Å². The molecule has 3 heteroatoms. The van der Waals surface area contributed by atoms with Crippen LogP contribution in [0.5, 0.6) is 0 Å². The summed E-state index contributed by atoms with van der Waals surface area (Å²) < 4.78 is 0.702. The van der Waals surface area contributed by atoms with Crippen LogP contribution in [0.3, 0.4) is 0 Å². The number of rotatable bonds is 1. The third kappa shape index (κ3) is 1.22. The van der Waals surface area contributed by atoms with Gasteiger partial charge in [0.05, 0.1) is 4.58 Å². The van der Waals surface area contributed by atoms with Gasteiger partial charge in [-0.2, -0.15) is 0 Å². The van der Waals surface area contributed by atoms with Crippen LogP contribution < -0.4 is 0 Å². The summed E-state index contributed by atoms with van der Waals surface area (Å²) in [5.41, 5.74) is 1.39. The normalized spacial score (nSPS) is 17.8. The van der Waals surface area contributed by atoms with Crippen molar-refractivity contribution < 1.29 is 0 Å². The first-order chi connectivity index (χ1) is 4.47. The van der Waals surface area contributed by atoms with E-state index in [0.29, 0.717) is 4.58 Å². The fourth-order valence-corrected chi connectivity index (χ4v) is 2.08. The van der Waals surface area contributed by atoms with E-state index in [9.17, 15) is 0 Å². The lowest BCUT2D eigenvalue weighted by molar-refractivity contribution is 1.27. The average molecular weight is 155 g/mol. The summed E-state index contributed by atoms with van der Waals surface area (Å²) in [5.74, 6) is 0. The summed E-state index contributed by atoms with van der Waals surface area (Å²) in [7, 11) is 3.82. The maximum Gasteiger partial charge on any atom is 0.0960 e. The second-order valence-corrected chi connectivity index (χ2v) is 4.59. The van der Waals surface area contributed by atoms with Gasteiger partial charge < -0.3 is 0 Å². The van der Waals surface area contributed by atoms with Crippen LogP contribution in [-0.2, 0) is 0 Å². The van der Waals surface area contributed by atoms with Gasteiger partial charge in [0.25, 0.3) is 0 Å². The monoisotopic (exact) mass is 155 g/mol. The second kappa shape index (κ2) is 2.23. The van der Waals surface area contributed by atoms with Gasteiger partial charge in [-0.1, -0.05) is 21.6 Å². The van der Waals surface area contributed by atoms with Crippen LogP contribution in [0.2, 0.25) is 0 Å². The molecule has 0 atom stereocenters. The van der Waals surface area contributed by atoms with Crippen molar-refractivity contribution in [1.82, 2.24) is 4.98 Å². The van der Waals surface area contributed by atoms with E-state index in [1.54, 1.807) is 0 Å². The minimum atomic E-state index is 0.702. The molecule has 1 nitrogen and oxygen atoms in total. The molecular formula is C6H5NS2. The smallest absolute Gasteiger partial charge is 0.0960 e. The molecule has 0 aromatic carbocycles. The van der Waals surface area contributed by atoms with Gasteiger partial charge in [-0.15, -0.1) is 0 Å². The van der Waals surface area contributed by atoms with Crippen molar-refractivity contribution >= 4 is 21.6 Å². The molecule has 1 saturated heterocycles. The molecule has 9 heavy (non-hydrogen) atoms. The molecule has 1 aromatic heterocycles. The summed E-state index contributed by atoms with van der Waals surface area (Å²) in [6, 6.07) is 4.13. The summed E-state index contributed by atoms with van der Waals surface area (Å²) >= 11 is 0. The molecule has 0 radical (unpaired) electrons. The third-order valence-electron chi connectivity index (χ3n) is 1.17. The van der Waals surface area contributed by atoms with Crippen LogP contribution in [0.1, 0.15) is 10.1 Å². The molecule has 1 aliphatic heterocycles. The van der Waals surface area contributed by atoms with Gasteiger partial charge in [0.1, 0.15) is 0 Å². The lowest BCUT2D eigenvalue weighted by Crippen LogP contribution is -1.74. The summed E-state index contributed by atoms with van der Waals surface area (Å²) in [6.07, 6.45) is 3.68. The molecule has 0 unspecified atom stereocenters. The number of hydrogen-bond donors (Lipinski definition) is 0. The van der Waals surface area contributed by atoms with Crippen LogP contribution in [0.25, 0.3) is 0 Å². The first-order valence-corrected chi connectivity index (χ1v) is 4.96. The molecule has 0 amide bonds. The first kappa shape index (κ1) is 5.62. The van der Waals surface area contributed by atoms with E-state index < -0.39 is 0 Å². The van der Waals surface area contributed by atoms with E-state index >= 15 is 0 Å². The Bertz CT molecular complexity index is 195. The van der Waals surface area contributed by atoms with E-state index in [2.05, 4.69) is 17.1 Å². The number of hydrogen-bond acceptors (Lipinski definition) is 3. The topological polar surface area (TPSA) is 12.9 Å². The van der Waals surface area contributed by atoms with Crippen LogP contribution in [0, 0.1) is 0 Å². The predicted molar refractivity (Wildman–Crippen MR) is 42.2 cm³/mol. The molecule has 2 heterocycles. The summed E-state index contributed by atoms with van der Waals surface area (Å²) in [5, 5.41) is 0. The van der Waals surface area contributed by atoms with Crippen LogP contribution >= 0.6 is 21.6 Å². The molecule has 0 N–H and O–H groups in total. The Morgan fingerprint density at radius 3 is 2.44 bits per heavy atom. The molecule has 2 rings (SSSR count). The SMILES string of the molecule is c1cc(C2SS2)ccn1. The van der Waals surface area contributed by atoms with Crippen LogP contribution in [-0.4, -0.2) is 4.98 Å². The van der Waals surface area contributed by atoms with E-state index in [-0.39, 0.29) is 0 Å². The highest BCUT2D eigenvalue weighted by Crippen LogP contribution is 2.65. The summed E-state index contributed by atoms with van der Waals surface area (Å²) in [4.78, 5) is 3.94. The molecule has 1 aliphatic rings. The minimum Gasteiger partial charge on any atom is -0.265 e. The fraction of sp³-hybridized carbons (Fsp3) is 0.167. The zero-order valence-electron chi connectivity index (χ0n) is 4.65. The Morgan fingerprint density at radius 2 is 1.89 bits per heavy atom. The van der Waals surface area contributed by atoms with E-state index in [1.165, 1.54) is 5.56 Å². The van der Waals surface area contributed by atoms with Gasteiger partial charge in [-0.25, -0.2) is 0 Å². The largest absolute Gasteiger partial charge is 0.265 e. The zero-order chi connectivity index (χ0) is 6.10.